The third kappa shape index (κ3) is 3.24. The van der Waals surface area contributed by atoms with Crippen molar-refractivity contribution in [2.45, 2.75) is 43.7 Å². The van der Waals surface area contributed by atoms with Crippen molar-refractivity contribution in [2.24, 2.45) is 0 Å². The number of tetrazole rings is 1. The first-order valence-corrected chi connectivity index (χ1v) is 10.3. The molecule has 2 N–H and O–H groups in total. The van der Waals surface area contributed by atoms with E-state index in [9.17, 15) is 4.79 Å². The van der Waals surface area contributed by atoms with Crippen molar-refractivity contribution in [1.82, 2.24) is 35.5 Å². The molecule has 1 aliphatic carbocycles. The van der Waals surface area contributed by atoms with Crippen molar-refractivity contribution in [3.8, 4) is 0 Å². The maximum Gasteiger partial charge on any atom is 0.248 e. The van der Waals surface area contributed by atoms with Crippen LogP contribution < -0.4 is 5.32 Å². The van der Waals surface area contributed by atoms with Gasteiger partial charge in [0.25, 0.3) is 0 Å². The normalized spacial score (nSPS) is 16.9. The molecule has 8 nitrogen and oxygen atoms in total. The van der Waals surface area contributed by atoms with Gasteiger partial charge in [-0.1, -0.05) is 61.7 Å². The van der Waals surface area contributed by atoms with Crippen LogP contribution in [0.25, 0.3) is 11.0 Å². The molecule has 2 aromatic heterocycles. The fourth-order valence-electron chi connectivity index (χ4n) is 4.38. The van der Waals surface area contributed by atoms with Crippen LogP contribution >= 0.6 is 0 Å². The van der Waals surface area contributed by atoms with E-state index in [4.69, 9.17) is 4.98 Å². The third-order valence-electron chi connectivity index (χ3n) is 5.98. The average Bonchev–Trinajstić information content (AvgIpc) is 3.48. The quantitative estimate of drug-likeness (QED) is 0.535. The van der Waals surface area contributed by atoms with Gasteiger partial charge in [0.2, 0.25) is 5.91 Å². The highest BCUT2D eigenvalue weighted by Crippen LogP contribution is 2.35. The molecule has 30 heavy (non-hydrogen) atoms. The summed E-state index contributed by atoms with van der Waals surface area (Å²) < 4.78 is 1.63. The van der Waals surface area contributed by atoms with Crippen LogP contribution in [0.3, 0.4) is 0 Å². The number of amides is 1. The number of carbonyl (C=O) groups is 1. The summed E-state index contributed by atoms with van der Waals surface area (Å²) in [5.41, 5.74) is 2.00. The Kier molecular flexibility index (Phi) is 4.74. The van der Waals surface area contributed by atoms with Crippen LogP contribution in [0.5, 0.6) is 0 Å². The molecule has 0 bridgehead atoms. The van der Waals surface area contributed by atoms with E-state index in [1.165, 1.54) is 0 Å². The smallest absolute Gasteiger partial charge is 0.248 e. The van der Waals surface area contributed by atoms with Crippen LogP contribution in [0.15, 0.2) is 60.9 Å². The van der Waals surface area contributed by atoms with E-state index in [2.05, 4.69) is 25.8 Å². The fourth-order valence-corrected chi connectivity index (χ4v) is 4.38. The number of para-hydroxylation sites is 2. The zero-order chi connectivity index (χ0) is 20.4. The second-order valence-electron chi connectivity index (χ2n) is 7.80. The molecule has 1 saturated carbocycles. The Bertz CT molecular complexity index is 1100. The Hall–Kier alpha value is -3.55. The molecule has 0 unspecified atom stereocenters. The van der Waals surface area contributed by atoms with Gasteiger partial charge < -0.3 is 10.3 Å². The number of aromatic amines is 1. The van der Waals surface area contributed by atoms with E-state index >= 15 is 0 Å². The highest BCUT2D eigenvalue weighted by atomic mass is 16.2. The number of rotatable bonds is 5. The van der Waals surface area contributed by atoms with Crippen LogP contribution in [0, 0.1) is 0 Å². The molecule has 4 aromatic rings. The van der Waals surface area contributed by atoms with Gasteiger partial charge in [-0.3, -0.25) is 4.79 Å². The van der Waals surface area contributed by atoms with Gasteiger partial charge >= 0.3 is 0 Å². The Morgan fingerprint density at radius 3 is 2.53 bits per heavy atom. The number of benzene rings is 2. The summed E-state index contributed by atoms with van der Waals surface area (Å²) >= 11 is 0. The maximum absolute atomic E-state index is 13.7. The molecule has 0 saturated heterocycles. The van der Waals surface area contributed by atoms with Gasteiger partial charge in [-0.05, 0) is 41.0 Å². The number of fused-ring (bicyclic) bond motifs is 1. The predicted octanol–water partition coefficient (Wildman–Crippen LogP) is 3.11. The standard InChI is InChI=1S/C22H23N7O/c30-21(22(13-7-2-8-14-22)29-15-23-27-28-29)26-19(16-9-3-1-4-10-16)20-24-17-11-5-6-12-18(17)25-20/h1,3-6,9-12,15,19H,2,7-8,13-14H2,(H,24,25)(H,26,30)/t19-/m0/s1. The van der Waals surface area contributed by atoms with Gasteiger partial charge in [0, 0.05) is 0 Å². The van der Waals surface area contributed by atoms with Gasteiger partial charge in [0.1, 0.15) is 23.7 Å². The molecule has 0 aliphatic heterocycles. The van der Waals surface area contributed by atoms with E-state index in [0.29, 0.717) is 18.7 Å². The Morgan fingerprint density at radius 1 is 1.03 bits per heavy atom. The second-order valence-corrected chi connectivity index (χ2v) is 7.80. The lowest BCUT2D eigenvalue weighted by atomic mass is 9.80. The molecule has 0 spiro atoms. The first kappa shape index (κ1) is 18.5. The molecule has 5 rings (SSSR count). The van der Waals surface area contributed by atoms with E-state index in [1.807, 2.05) is 54.6 Å². The molecule has 2 aromatic carbocycles. The number of hydrogen-bond acceptors (Lipinski definition) is 5. The van der Waals surface area contributed by atoms with Crippen LogP contribution in [-0.4, -0.2) is 36.1 Å². The summed E-state index contributed by atoms with van der Waals surface area (Å²) in [6.07, 6.45) is 6.02. The maximum atomic E-state index is 13.7. The van der Waals surface area contributed by atoms with Crippen molar-refractivity contribution in [2.75, 3.05) is 0 Å². The lowest BCUT2D eigenvalue weighted by Gasteiger charge is -2.36. The Morgan fingerprint density at radius 2 is 1.80 bits per heavy atom. The molecule has 1 atom stereocenters. The monoisotopic (exact) mass is 401 g/mol. The SMILES string of the molecule is O=C(N[C@@H](c1ccccc1)c1nc2ccccc2[nH]1)C1(n2cnnn2)CCCCC1. The molecule has 1 fully saturated rings. The number of nitrogens with one attached hydrogen (secondary N) is 2. The fraction of sp³-hybridized carbons (Fsp3) is 0.318. The Labute approximate surface area is 173 Å². The molecular weight excluding hydrogens is 378 g/mol. The first-order chi connectivity index (χ1) is 14.8. The van der Waals surface area contributed by atoms with Crippen LogP contribution in [-0.2, 0) is 10.3 Å². The minimum absolute atomic E-state index is 0.0798. The van der Waals surface area contributed by atoms with Crippen LogP contribution in [0.1, 0.15) is 49.5 Å². The number of H-pyrrole nitrogens is 1. The molecule has 8 heteroatoms. The van der Waals surface area contributed by atoms with Crippen LogP contribution in [0.4, 0.5) is 0 Å². The second kappa shape index (κ2) is 7.70. The molecule has 152 valence electrons. The molecular formula is C22H23N7O. The van der Waals surface area contributed by atoms with E-state index in [0.717, 1.165) is 35.9 Å². The zero-order valence-corrected chi connectivity index (χ0v) is 16.5. The summed E-state index contributed by atoms with van der Waals surface area (Å²) in [5, 5.41) is 14.9. The lowest BCUT2D eigenvalue weighted by molar-refractivity contribution is -0.133. The highest BCUT2D eigenvalue weighted by molar-refractivity contribution is 5.85. The number of aromatic nitrogens is 6. The van der Waals surface area contributed by atoms with Crippen molar-refractivity contribution < 1.29 is 4.79 Å². The van der Waals surface area contributed by atoms with Crippen molar-refractivity contribution in [1.29, 1.82) is 0 Å². The van der Waals surface area contributed by atoms with E-state index < -0.39 is 11.6 Å². The average molecular weight is 401 g/mol. The highest BCUT2D eigenvalue weighted by Gasteiger charge is 2.43. The largest absolute Gasteiger partial charge is 0.340 e. The summed E-state index contributed by atoms with van der Waals surface area (Å²) in [7, 11) is 0. The predicted molar refractivity (Wildman–Crippen MR) is 111 cm³/mol. The summed E-state index contributed by atoms with van der Waals surface area (Å²) in [6, 6.07) is 17.4. The van der Waals surface area contributed by atoms with Gasteiger partial charge in [-0.2, -0.15) is 0 Å². The minimum atomic E-state index is -0.777. The summed E-state index contributed by atoms with van der Waals surface area (Å²) in [4.78, 5) is 21.9. The first-order valence-electron chi connectivity index (χ1n) is 10.3. The van der Waals surface area contributed by atoms with Gasteiger partial charge in [0.15, 0.2) is 0 Å². The summed E-state index contributed by atoms with van der Waals surface area (Å²) in [6.45, 7) is 0. The molecule has 1 amide bonds. The van der Waals surface area contributed by atoms with Crippen molar-refractivity contribution >= 4 is 16.9 Å². The van der Waals surface area contributed by atoms with Crippen molar-refractivity contribution in [3.05, 3.63) is 72.3 Å². The van der Waals surface area contributed by atoms with Crippen molar-refractivity contribution in [3.63, 3.8) is 0 Å². The molecule has 2 heterocycles. The van der Waals surface area contributed by atoms with E-state index in [1.54, 1.807) is 11.0 Å². The molecule has 1 aliphatic rings. The van der Waals surface area contributed by atoms with Gasteiger partial charge in [-0.15, -0.1) is 5.10 Å². The number of carbonyl (C=O) groups excluding carboxylic acids is 1. The van der Waals surface area contributed by atoms with Gasteiger partial charge in [0.05, 0.1) is 11.0 Å². The number of hydrogen-bond donors (Lipinski definition) is 2. The number of imidazole rings is 1. The number of nitrogens with zero attached hydrogens (tertiary/aromatic N) is 5. The van der Waals surface area contributed by atoms with E-state index in [-0.39, 0.29) is 5.91 Å². The third-order valence-corrected chi connectivity index (χ3v) is 5.98. The minimum Gasteiger partial charge on any atom is -0.340 e. The molecule has 0 radical (unpaired) electrons. The van der Waals surface area contributed by atoms with Gasteiger partial charge in [-0.25, -0.2) is 9.67 Å². The summed E-state index contributed by atoms with van der Waals surface area (Å²) in [5.74, 6) is 0.627. The van der Waals surface area contributed by atoms with Crippen LogP contribution in [0.2, 0.25) is 0 Å². The zero-order valence-electron chi connectivity index (χ0n) is 16.5. The topological polar surface area (TPSA) is 101 Å². The Balaban J connectivity index is 1.54. The lowest BCUT2D eigenvalue weighted by Crippen LogP contribution is -2.51.